The molecule has 0 radical (unpaired) electrons. The van der Waals surface area contributed by atoms with Gasteiger partial charge in [0.2, 0.25) is 5.91 Å². The fourth-order valence-corrected chi connectivity index (χ4v) is 4.95. The summed E-state index contributed by atoms with van der Waals surface area (Å²) in [5.41, 5.74) is 4.41. The number of piperidine rings is 1. The molecule has 2 aromatic heterocycles. The number of rotatable bonds is 5. The molecular formula is C24H22ClN5OS. The molecule has 0 bridgehead atoms. The number of amides is 1. The number of thiophene rings is 1. The Kier molecular flexibility index (Phi) is 5.68. The fourth-order valence-electron chi connectivity index (χ4n) is 3.96. The van der Waals surface area contributed by atoms with Gasteiger partial charge in [-0.05, 0) is 66.9 Å². The molecule has 0 saturated carbocycles. The summed E-state index contributed by atoms with van der Waals surface area (Å²) in [5, 5.41) is 11.1. The Morgan fingerprint density at radius 2 is 2.00 bits per heavy atom. The van der Waals surface area contributed by atoms with E-state index >= 15 is 0 Å². The maximum atomic E-state index is 12.6. The second-order valence-electron chi connectivity index (χ2n) is 7.87. The molecule has 1 amide bonds. The number of hydrogen-bond acceptors (Lipinski definition) is 4. The van der Waals surface area contributed by atoms with Crippen molar-refractivity contribution in [2.45, 2.75) is 25.7 Å². The summed E-state index contributed by atoms with van der Waals surface area (Å²) in [4.78, 5) is 23.5. The van der Waals surface area contributed by atoms with Gasteiger partial charge in [0, 0.05) is 24.3 Å². The van der Waals surface area contributed by atoms with Crippen molar-refractivity contribution in [3.8, 4) is 10.7 Å². The van der Waals surface area contributed by atoms with E-state index in [0.717, 1.165) is 68.8 Å². The second-order valence-corrected chi connectivity index (χ2v) is 9.58. The zero-order valence-corrected chi connectivity index (χ0v) is 18.9. The number of fused-ring (bicyclic) bond motifs is 1. The number of carbonyl (C=O) groups excluding carboxylic acids is 1. The lowest BCUT2D eigenvalue weighted by Gasteiger charge is -2.29. The highest BCUT2D eigenvalue weighted by Crippen LogP contribution is 2.30. The Balaban J connectivity index is 1.25. The number of benzene rings is 2. The van der Waals surface area contributed by atoms with Crippen LogP contribution in [0.1, 0.15) is 24.8 Å². The van der Waals surface area contributed by atoms with Crippen molar-refractivity contribution in [2.75, 3.05) is 16.8 Å². The Labute approximate surface area is 194 Å². The molecule has 3 N–H and O–H groups in total. The number of anilines is 2. The molecule has 1 fully saturated rings. The molecule has 5 rings (SSSR count). The number of amidine groups is 1. The zero-order valence-electron chi connectivity index (χ0n) is 17.3. The minimum atomic E-state index is -0.0763. The van der Waals surface area contributed by atoms with Crippen LogP contribution in [0, 0.1) is 5.41 Å². The van der Waals surface area contributed by atoms with E-state index in [0.29, 0.717) is 5.84 Å². The number of nitrogens with zero attached hydrogens (tertiary/aromatic N) is 2. The van der Waals surface area contributed by atoms with Gasteiger partial charge in [-0.1, -0.05) is 17.7 Å². The number of aromatic nitrogens is 2. The predicted molar refractivity (Wildman–Crippen MR) is 132 cm³/mol. The number of hydrogen-bond donors (Lipinski definition) is 3. The van der Waals surface area contributed by atoms with E-state index in [4.69, 9.17) is 17.0 Å². The van der Waals surface area contributed by atoms with E-state index in [-0.39, 0.29) is 12.3 Å². The van der Waals surface area contributed by atoms with Crippen molar-refractivity contribution >= 4 is 57.1 Å². The van der Waals surface area contributed by atoms with E-state index in [1.807, 2.05) is 59.5 Å². The quantitative estimate of drug-likeness (QED) is 0.334. The Bertz CT molecular complexity index is 1290. The first kappa shape index (κ1) is 20.7. The first-order valence-corrected chi connectivity index (χ1v) is 11.7. The summed E-state index contributed by atoms with van der Waals surface area (Å²) >= 11 is 7.51. The van der Waals surface area contributed by atoms with Crippen LogP contribution in [0.2, 0.25) is 4.34 Å². The van der Waals surface area contributed by atoms with E-state index in [1.165, 1.54) is 11.3 Å². The third-order valence-electron chi connectivity index (χ3n) is 5.55. The summed E-state index contributed by atoms with van der Waals surface area (Å²) in [6.07, 6.45) is 3.27. The minimum absolute atomic E-state index is 0.0763. The average molecular weight is 464 g/mol. The van der Waals surface area contributed by atoms with Gasteiger partial charge in [-0.2, -0.15) is 0 Å². The molecule has 0 spiro atoms. The van der Waals surface area contributed by atoms with Crippen LogP contribution in [-0.2, 0) is 11.2 Å². The summed E-state index contributed by atoms with van der Waals surface area (Å²) < 4.78 is 0.722. The second kappa shape index (κ2) is 8.76. The van der Waals surface area contributed by atoms with Gasteiger partial charge in [0.1, 0.15) is 11.7 Å². The van der Waals surface area contributed by atoms with Gasteiger partial charge in [0.25, 0.3) is 0 Å². The van der Waals surface area contributed by atoms with Crippen LogP contribution in [0.4, 0.5) is 11.4 Å². The highest BCUT2D eigenvalue weighted by Gasteiger charge is 2.16. The van der Waals surface area contributed by atoms with Gasteiger partial charge >= 0.3 is 0 Å². The number of halogens is 1. The minimum Gasteiger partial charge on any atom is -0.337 e. The highest BCUT2D eigenvalue weighted by atomic mass is 35.5. The van der Waals surface area contributed by atoms with Crippen molar-refractivity contribution in [1.82, 2.24) is 9.97 Å². The summed E-state index contributed by atoms with van der Waals surface area (Å²) in [6.45, 7) is 0.877. The molecular weight excluding hydrogens is 442 g/mol. The SMILES string of the molecule is N=C1CCCCN1c1ccc(NC(=O)Cc2ccc3nc(-c4ccc(Cl)s4)[nH]c3c2)cc1. The first-order chi connectivity index (χ1) is 15.5. The maximum absolute atomic E-state index is 12.6. The normalized spacial score (nSPS) is 14.2. The maximum Gasteiger partial charge on any atom is 0.228 e. The van der Waals surface area contributed by atoms with Crippen LogP contribution in [0.15, 0.2) is 54.6 Å². The Morgan fingerprint density at radius 1 is 1.16 bits per heavy atom. The van der Waals surface area contributed by atoms with E-state index in [1.54, 1.807) is 0 Å². The molecule has 1 saturated heterocycles. The van der Waals surface area contributed by atoms with Crippen molar-refractivity contribution in [3.05, 3.63) is 64.5 Å². The van der Waals surface area contributed by atoms with Crippen molar-refractivity contribution < 1.29 is 4.79 Å². The third-order valence-corrected chi connectivity index (χ3v) is 6.79. The molecule has 1 aliphatic heterocycles. The lowest BCUT2D eigenvalue weighted by atomic mass is 10.1. The fraction of sp³-hybridized carbons (Fsp3) is 0.208. The van der Waals surface area contributed by atoms with E-state index in [9.17, 15) is 4.79 Å². The molecule has 4 aromatic rings. The van der Waals surface area contributed by atoms with E-state index in [2.05, 4.69) is 15.3 Å². The van der Waals surface area contributed by atoms with E-state index < -0.39 is 0 Å². The molecule has 6 nitrogen and oxygen atoms in total. The van der Waals surface area contributed by atoms with Crippen LogP contribution < -0.4 is 10.2 Å². The van der Waals surface area contributed by atoms with Gasteiger partial charge in [-0.3, -0.25) is 10.2 Å². The molecule has 2 aromatic carbocycles. The Hall–Kier alpha value is -3.16. The average Bonchev–Trinajstić information content (AvgIpc) is 3.40. The summed E-state index contributed by atoms with van der Waals surface area (Å²) in [7, 11) is 0. The van der Waals surface area contributed by atoms with Crippen molar-refractivity contribution in [2.24, 2.45) is 0 Å². The summed E-state index contributed by atoms with van der Waals surface area (Å²) in [6, 6.07) is 17.3. The number of aromatic amines is 1. The van der Waals surface area contributed by atoms with Crippen LogP contribution in [-0.4, -0.2) is 28.3 Å². The molecule has 0 atom stereocenters. The van der Waals surface area contributed by atoms with Crippen molar-refractivity contribution in [3.63, 3.8) is 0 Å². The first-order valence-electron chi connectivity index (χ1n) is 10.5. The van der Waals surface area contributed by atoms with Gasteiger partial charge in [-0.25, -0.2) is 4.98 Å². The standard InChI is InChI=1S/C24H22ClN5OS/c25-21-11-10-20(32-21)24-28-18-9-4-15(13-19(18)29-24)14-23(31)27-16-5-7-17(8-6-16)30-12-2-1-3-22(30)26/h4-11,13,26H,1-3,12,14H2,(H,27,31)(H,28,29). The van der Waals surface area contributed by atoms with Gasteiger partial charge in [0.05, 0.1) is 26.7 Å². The zero-order chi connectivity index (χ0) is 22.1. The number of imidazole rings is 1. The smallest absolute Gasteiger partial charge is 0.228 e. The molecule has 0 unspecified atom stereocenters. The summed E-state index contributed by atoms with van der Waals surface area (Å²) in [5.74, 6) is 1.36. The van der Waals surface area contributed by atoms with Crippen molar-refractivity contribution in [1.29, 1.82) is 5.41 Å². The lowest BCUT2D eigenvalue weighted by Crippen LogP contribution is -2.34. The number of nitrogens with one attached hydrogen (secondary N) is 3. The molecule has 8 heteroatoms. The third kappa shape index (κ3) is 4.40. The van der Waals surface area contributed by atoms with Crippen LogP contribution >= 0.6 is 22.9 Å². The molecule has 3 heterocycles. The molecule has 162 valence electrons. The van der Waals surface area contributed by atoms with Crippen LogP contribution in [0.5, 0.6) is 0 Å². The monoisotopic (exact) mass is 463 g/mol. The lowest BCUT2D eigenvalue weighted by molar-refractivity contribution is -0.115. The number of carbonyl (C=O) groups is 1. The van der Waals surface area contributed by atoms with Gasteiger partial charge in [-0.15, -0.1) is 11.3 Å². The highest BCUT2D eigenvalue weighted by molar-refractivity contribution is 7.19. The predicted octanol–water partition coefficient (Wildman–Crippen LogP) is 6.09. The van der Waals surface area contributed by atoms with Crippen LogP contribution in [0.25, 0.3) is 21.7 Å². The van der Waals surface area contributed by atoms with Gasteiger partial charge in [0.15, 0.2) is 0 Å². The van der Waals surface area contributed by atoms with Gasteiger partial charge < -0.3 is 15.2 Å². The molecule has 32 heavy (non-hydrogen) atoms. The topological polar surface area (TPSA) is 84.9 Å². The molecule has 1 aliphatic rings. The number of H-pyrrole nitrogens is 1. The van der Waals surface area contributed by atoms with Crippen LogP contribution in [0.3, 0.4) is 0 Å². The largest absolute Gasteiger partial charge is 0.337 e. The Morgan fingerprint density at radius 3 is 2.75 bits per heavy atom. The molecule has 0 aliphatic carbocycles.